The van der Waals surface area contributed by atoms with E-state index in [1.54, 1.807) is 28.4 Å². The van der Waals surface area contributed by atoms with Gasteiger partial charge in [-0.2, -0.15) is 0 Å². The van der Waals surface area contributed by atoms with E-state index in [2.05, 4.69) is 9.47 Å². The van der Waals surface area contributed by atoms with Crippen LogP contribution < -0.4 is 0 Å². The highest BCUT2D eigenvalue weighted by Gasteiger charge is 1.26. The minimum atomic E-state index is 0. The van der Waals surface area contributed by atoms with E-state index in [-0.39, 0.29) is 24.8 Å². The second-order valence-electron chi connectivity index (χ2n) is 0.816. The summed E-state index contributed by atoms with van der Waals surface area (Å²) in [6.45, 7) is 0. The molecule has 4 heteroatoms. The standard InChI is InChI=1S/2C2H6O.2ClH/c2*1-3-2;;/h2*1-2H3;2*1H. The van der Waals surface area contributed by atoms with Gasteiger partial charge in [-0.25, -0.2) is 0 Å². The minimum absolute atomic E-state index is 0. The molecule has 0 saturated heterocycles. The van der Waals surface area contributed by atoms with Crippen molar-refractivity contribution in [3.63, 3.8) is 0 Å². The molecule has 0 saturated carbocycles. The van der Waals surface area contributed by atoms with Crippen molar-refractivity contribution < 1.29 is 9.47 Å². The van der Waals surface area contributed by atoms with E-state index in [0.717, 1.165) is 0 Å². The normalized spacial score (nSPS) is 4.50. The van der Waals surface area contributed by atoms with E-state index in [0.29, 0.717) is 0 Å². The van der Waals surface area contributed by atoms with Crippen molar-refractivity contribution in [2.24, 2.45) is 0 Å². The first-order valence-corrected chi connectivity index (χ1v) is 1.63. The molecule has 0 spiro atoms. The Bertz CT molecular complexity index is 14.0. The maximum absolute atomic E-state index is 4.25. The number of ether oxygens (including phenoxy) is 2. The lowest BCUT2D eigenvalue weighted by atomic mass is 11.6. The second-order valence-corrected chi connectivity index (χ2v) is 0.816. The second kappa shape index (κ2) is 50.7. The van der Waals surface area contributed by atoms with Crippen molar-refractivity contribution in [2.45, 2.75) is 0 Å². The maximum Gasteiger partial charge on any atom is 0.0351 e. The summed E-state index contributed by atoms with van der Waals surface area (Å²) in [6, 6.07) is 0. The van der Waals surface area contributed by atoms with Crippen LogP contribution in [0.3, 0.4) is 0 Å². The van der Waals surface area contributed by atoms with Crippen LogP contribution >= 0.6 is 24.8 Å². The van der Waals surface area contributed by atoms with Crippen molar-refractivity contribution in [3.8, 4) is 0 Å². The summed E-state index contributed by atoms with van der Waals surface area (Å²) in [5, 5.41) is 0. The quantitative estimate of drug-likeness (QED) is 0.539. The summed E-state index contributed by atoms with van der Waals surface area (Å²) in [5.74, 6) is 0. The van der Waals surface area contributed by atoms with Crippen LogP contribution in [0.4, 0.5) is 0 Å². The van der Waals surface area contributed by atoms with Crippen LogP contribution in [0.1, 0.15) is 0 Å². The van der Waals surface area contributed by atoms with Crippen molar-refractivity contribution >= 4 is 24.8 Å². The molecular formula is C4H14Cl2O2. The molecule has 0 heterocycles. The van der Waals surface area contributed by atoms with Gasteiger partial charge in [0.25, 0.3) is 0 Å². The lowest BCUT2D eigenvalue weighted by Crippen LogP contribution is -1.55. The third-order valence-corrected chi connectivity index (χ3v) is 0. The van der Waals surface area contributed by atoms with E-state index in [9.17, 15) is 0 Å². The van der Waals surface area contributed by atoms with Crippen LogP contribution in [0.15, 0.2) is 0 Å². The Morgan fingerprint density at radius 1 is 0.625 bits per heavy atom. The molecule has 0 atom stereocenters. The van der Waals surface area contributed by atoms with Crippen LogP contribution in [0.25, 0.3) is 0 Å². The number of methoxy groups -OCH3 is 2. The maximum atomic E-state index is 4.25. The number of hydrogen-bond acceptors (Lipinski definition) is 2. The predicted octanol–water partition coefficient (Wildman–Crippen LogP) is 1.37. The molecule has 0 aliphatic heterocycles. The Kier molecular flexibility index (Phi) is 150. The molecule has 0 fully saturated rings. The summed E-state index contributed by atoms with van der Waals surface area (Å²) in [7, 11) is 6.50. The summed E-state index contributed by atoms with van der Waals surface area (Å²) in [4.78, 5) is 0. The van der Waals surface area contributed by atoms with Gasteiger partial charge in [0.15, 0.2) is 0 Å². The Balaban J connectivity index is -0.0000000160. The summed E-state index contributed by atoms with van der Waals surface area (Å²) < 4.78 is 8.50. The van der Waals surface area contributed by atoms with Crippen LogP contribution in [-0.2, 0) is 9.47 Å². The molecule has 2 nitrogen and oxygen atoms in total. The molecular weight excluding hydrogens is 151 g/mol. The Labute approximate surface area is 63.4 Å². The first-order valence-electron chi connectivity index (χ1n) is 1.63. The first kappa shape index (κ1) is 23.6. The molecule has 0 unspecified atom stereocenters. The molecule has 56 valence electrons. The van der Waals surface area contributed by atoms with Gasteiger partial charge in [-0.05, 0) is 0 Å². The fourth-order valence-corrected chi connectivity index (χ4v) is 0. The van der Waals surface area contributed by atoms with Gasteiger partial charge in [-0.1, -0.05) is 0 Å². The highest BCUT2D eigenvalue weighted by atomic mass is 35.5. The fraction of sp³-hybridized carbons (Fsp3) is 1.00. The Morgan fingerprint density at radius 3 is 0.625 bits per heavy atom. The zero-order valence-electron chi connectivity index (χ0n) is 5.63. The van der Waals surface area contributed by atoms with Gasteiger partial charge in [0, 0.05) is 28.4 Å². The molecule has 0 radical (unpaired) electrons. The molecule has 0 rings (SSSR count). The van der Waals surface area contributed by atoms with Crippen molar-refractivity contribution in [2.75, 3.05) is 28.4 Å². The smallest absolute Gasteiger partial charge is 0.0351 e. The van der Waals surface area contributed by atoms with Crippen molar-refractivity contribution in [1.82, 2.24) is 0 Å². The predicted molar refractivity (Wildman–Crippen MR) is 40.4 cm³/mol. The topological polar surface area (TPSA) is 18.5 Å². The van der Waals surface area contributed by atoms with Crippen LogP contribution in [0, 0.1) is 0 Å². The molecule has 0 N–H and O–H groups in total. The zero-order chi connectivity index (χ0) is 5.41. The van der Waals surface area contributed by atoms with Gasteiger partial charge in [0.05, 0.1) is 0 Å². The van der Waals surface area contributed by atoms with Gasteiger partial charge in [-0.15, -0.1) is 24.8 Å². The van der Waals surface area contributed by atoms with Crippen molar-refractivity contribution in [1.29, 1.82) is 0 Å². The van der Waals surface area contributed by atoms with Gasteiger partial charge in [-0.3, -0.25) is 0 Å². The summed E-state index contributed by atoms with van der Waals surface area (Å²) in [6.07, 6.45) is 0. The fourth-order valence-electron chi connectivity index (χ4n) is 0. The largest absolute Gasteiger partial charge is 0.388 e. The average molecular weight is 165 g/mol. The van der Waals surface area contributed by atoms with Gasteiger partial charge >= 0.3 is 0 Å². The number of halogens is 2. The molecule has 0 amide bonds. The Morgan fingerprint density at radius 2 is 0.625 bits per heavy atom. The SMILES string of the molecule is COC.COC.Cl.Cl. The third-order valence-electron chi connectivity index (χ3n) is 0. The monoisotopic (exact) mass is 164 g/mol. The van der Waals surface area contributed by atoms with Crippen LogP contribution in [0.2, 0.25) is 0 Å². The summed E-state index contributed by atoms with van der Waals surface area (Å²) >= 11 is 0. The highest BCUT2D eigenvalue weighted by molar-refractivity contribution is 5.85. The van der Waals surface area contributed by atoms with E-state index >= 15 is 0 Å². The molecule has 8 heavy (non-hydrogen) atoms. The highest BCUT2D eigenvalue weighted by Crippen LogP contribution is 1.28. The van der Waals surface area contributed by atoms with Crippen molar-refractivity contribution in [3.05, 3.63) is 0 Å². The number of rotatable bonds is 0. The zero-order valence-corrected chi connectivity index (χ0v) is 7.27. The minimum Gasteiger partial charge on any atom is -0.388 e. The van der Waals surface area contributed by atoms with Crippen LogP contribution in [-0.4, -0.2) is 28.4 Å². The van der Waals surface area contributed by atoms with Crippen LogP contribution in [0.5, 0.6) is 0 Å². The van der Waals surface area contributed by atoms with Gasteiger partial charge in [0.2, 0.25) is 0 Å². The lowest BCUT2D eigenvalue weighted by Gasteiger charge is -1.61. The van der Waals surface area contributed by atoms with E-state index in [1.165, 1.54) is 0 Å². The van der Waals surface area contributed by atoms with Gasteiger partial charge in [0.1, 0.15) is 0 Å². The summed E-state index contributed by atoms with van der Waals surface area (Å²) in [5.41, 5.74) is 0. The lowest BCUT2D eigenvalue weighted by molar-refractivity contribution is 0.277. The molecule has 0 aliphatic carbocycles. The van der Waals surface area contributed by atoms with E-state index in [4.69, 9.17) is 0 Å². The molecule has 0 aromatic carbocycles. The molecule has 0 bridgehead atoms. The Hall–Kier alpha value is 0.500. The number of hydrogen-bond donors (Lipinski definition) is 0. The first-order chi connectivity index (χ1) is 2.83. The third kappa shape index (κ3) is 787. The van der Waals surface area contributed by atoms with E-state index < -0.39 is 0 Å². The average Bonchev–Trinajstić information content (AvgIpc) is 1.39. The molecule has 0 aromatic rings. The molecule has 0 aromatic heterocycles. The van der Waals surface area contributed by atoms with Gasteiger partial charge < -0.3 is 9.47 Å². The molecule has 0 aliphatic rings. The van der Waals surface area contributed by atoms with E-state index in [1.807, 2.05) is 0 Å².